The van der Waals surface area contributed by atoms with Crippen LogP contribution < -0.4 is 5.73 Å². The first kappa shape index (κ1) is 10.9. The number of hydrogen-bond donors (Lipinski definition) is 3. The molecule has 1 rings (SSSR count). The third-order valence-corrected chi connectivity index (χ3v) is 2.19. The normalized spacial score (nSPS) is 23.6. The fourth-order valence-corrected chi connectivity index (χ4v) is 1.45. The summed E-state index contributed by atoms with van der Waals surface area (Å²) >= 11 is 0. The van der Waals surface area contributed by atoms with E-state index in [2.05, 4.69) is 0 Å². The Hall–Kier alpha value is -1.14. The molecule has 1 heterocycles. The number of aliphatic carboxylic acids is 1. The van der Waals surface area contributed by atoms with Gasteiger partial charge in [0.1, 0.15) is 0 Å². The maximum absolute atomic E-state index is 11.5. The van der Waals surface area contributed by atoms with E-state index in [1.807, 2.05) is 0 Å². The molecule has 0 aliphatic carbocycles. The van der Waals surface area contributed by atoms with Gasteiger partial charge in [-0.05, 0) is 6.42 Å². The minimum atomic E-state index is -1.09. The molecule has 1 fully saturated rings. The SMILES string of the molecule is NC(CC(=O)O)C(=O)N1CC[C@H](O)C1. The number of amides is 1. The Morgan fingerprint density at radius 3 is 2.64 bits per heavy atom. The predicted octanol–water partition coefficient (Wildman–Crippen LogP) is -1.62. The van der Waals surface area contributed by atoms with Crippen LogP contribution in [0.25, 0.3) is 0 Å². The molecule has 1 aliphatic rings. The van der Waals surface area contributed by atoms with E-state index in [1.54, 1.807) is 0 Å². The summed E-state index contributed by atoms with van der Waals surface area (Å²) in [5.41, 5.74) is 5.39. The first-order valence-electron chi connectivity index (χ1n) is 4.45. The molecular weight excluding hydrogens is 188 g/mol. The molecule has 4 N–H and O–H groups in total. The van der Waals surface area contributed by atoms with Crippen molar-refractivity contribution in [3.05, 3.63) is 0 Å². The first-order valence-corrected chi connectivity index (χ1v) is 4.45. The lowest BCUT2D eigenvalue weighted by Crippen LogP contribution is -2.44. The number of nitrogens with zero attached hydrogens (tertiary/aromatic N) is 1. The van der Waals surface area contributed by atoms with Gasteiger partial charge in [0.15, 0.2) is 0 Å². The Labute approximate surface area is 81.3 Å². The Balaban J connectivity index is 2.44. The average molecular weight is 202 g/mol. The zero-order chi connectivity index (χ0) is 10.7. The van der Waals surface area contributed by atoms with Crippen LogP contribution in [0.5, 0.6) is 0 Å². The highest BCUT2D eigenvalue weighted by molar-refractivity contribution is 5.86. The van der Waals surface area contributed by atoms with Gasteiger partial charge in [-0.1, -0.05) is 0 Å². The number of rotatable bonds is 3. The van der Waals surface area contributed by atoms with E-state index in [0.29, 0.717) is 13.0 Å². The minimum Gasteiger partial charge on any atom is -0.481 e. The summed E-state index contributed by atoms with van der Waals surface area (Å²) in [7, 11) is 0. The van der Waals surface area contributed by atoms with Gasteiger partial charge in [-0.15, -0.1) is 0 Å². The molecule has 0 radical (unpaired) electrons. The van der Waals surface area contributed by atoms with E-state index < -0.39 is 24.0 Å². The van der Waals surface area contributed by atoms with Crippen molar-refractivity contribution in [1.82, 2.24) is 4.90 Å². The van der Waals surface area contributed by atoms with Crippen LogP contribution >= 0.6 is 0 Å². The Morgan fingerprint density at radius 1 is 1.57 bits per heavy atom. The number of carboxylic acid groups (broad SMARTS) is 1. The Bertz CT molecular complexity index is 243. The van der Waals surface area contributed by atoms with Crippen molar-refractivity contribution in [3.63, 3.8) is 0 Å². The molecule has 0 spiro atoms. The van der Waals surface area contributed by atoms with Gasteiger partial charge in [0.2, 0.25) is 5.91 Å². The molecule has 0 saturated carbocycles. The molecule has 80 valence electrons. The summed E-state index contributed by atoms with van der Waals surface area (Å²) in [5, 5.41) is 17.6. The minimum absolute atomic E-state index is 0.256. The quantitative estimate of drug-likeness (QED) is 0.510. The fraction of sp³-hybridized carbons (Fsp3) is 0.750. The lowest BCUT2D eigenvalue weighted by atomic mass is 10.2. The summed E-state index contributed by atoms with van der Waals surface area (Å²) in [4.78, 5) is 23.1. The topological polar surface area (TPSA) is 104 Å². The molecule has 0 aromatic rings. The van der Waals surface area contributed by atoms with Gasteiger partial charge in [-0.3, -0.25) is 9.59 Å². The molecule has 0 aromatic carbocycles. The number of carboxylic acids is 1. The third kappa shape index (κ3) is 2.68. The van der Waals surface area contributed by atoms with Crippen LogP contribution in [0.15, 0.2) is 0 Å². The van der Waals surface area contributed by atoms with E-state index >= 15 is 0 Å². The molecule has 6 nitrogen and oxygen atoms in total. The second kappa shape index (κ2) is 4.39. The fourth-order valence-electron chi connectivity index (χ4n) is 1.45. The number of aliphatic hydroxyl groups is 1. The van der Waals surface area contributed by atoms with E-state index in [4.69, 9.17) is 15.9 Å². The number of carbonyl (C=O) groups is 2. The van der Waals surface area contributed by atoms with Crippen molar-refractivity contribution in [3.8, 4) is 0 Å². The third-order valence-electron chi connectivity index (χ3n) is 2.19. The standard InChI is InChI=1S/C8H14N2O4/c9-6(3-7(12)13)8(14)10-2-1-5(11)4-10/h5-6,11H,1-4,9H2,(H,12,13)/t5-,6?/m0/s1. The van der Waals surface area contributed by atoms with E-state index in [-0.39, 0.29) is 13.0 Å². The molecule has 1 amide bonds. The van der Waals surface area contributed by atoms with Gasteiger partial charge in [0.05, 0.1) is 18.6 Å². The summed E-state index contributed by atoms with van der Waals surface area (Å²) in [6.07, 6.45) is -0.340. The molecule has 0 aromatic heterocycles. The van der Waals surface area contributed by atoms with Crippen molar-refractivity contribution in [2.24, 2.45) is 5.73 Å². The zero-order valence-corrected chi connectivity index (χ0v) is 7.72. The van der Waals surface area contributed by atoms with Crippen molar-refractivity contribution in [1.29, 1.82) is 0 Å². The second-order valence-electron chi connectivity index (χ2n) is 3.43. The van der Waals surface area contributed by atoms with Crippen molar-refractivity contribution in [2.45, 2.75) is 25.0 Å². The van der Waals surface area contributed by atoms with Gasteiger partial charge in [0.25, 0.3) is 0 Å². The number of β-amino-alcohol motifs (C(OH)–C–C–N with tert-alkyl or cyclic N) is 1. The van der Waals surface area contributed by atoms with Gasteiger partial charge in [-0.25, -0.2) is 0 Å². The van der Waals surface area contributed by atoms with Gasteiger partial charge in [-0.2, -0.15) is 0 Å². The number of nitrogens with two attached hydrogens (primary N) is 1. The highest BCUT2D eigenvalue weighted by Gasteiger charge is 2.28. The second-order valence-corrected chi connectivity index (χ2v) is 3.43. The molecule has 1 saturated heterocycles. The summed E-state index contributed by atoms with van der Waals surface area (Å²) < 4.78 is 0. The lowest BCUT2D eigenvalue weighted by molar-refractivity contribution is -0.141. The molecule has 14 heavy (non-hydrogen) atoms. The molecule has 1 unspecified atom stereocenters. The van der Waals surface area contributed by atoms with Crippen LogP contribution in [0.2, 0.25) is 0 Å². The van der Waals surface area contributed by atoms with E-state index in [1.165, 1.54) is 4.90 Å². The smallest absolute Gasteiger partial charge is 0.305 e. The monoisotopic (exact) mass is 202 g/mol. The van der Waals surface area contributed by atoms with Crippen molar-refractivity contribution >= 4 is 11.9 Å². The van der Waals surface area contributed by atoms with Gasteiger partial charge in [0, 0.05) is 13.1 Å². The zero-order valence-electron chi connectivity index (χ0n) is 7.72. The number of likely N-dealkylation sites (tertiary alicyclic amines) is 1. The van der Waals surface area contributed by atoms with Crippen LogP contribution in [-0.4, -0.2) is 52.2 Å². The highest BCUT2D eigenvalue weighted by Crippen LogP contribution is 2.10. The summed E-state index contributed by atoms with van der Waals surface area (Å²) in [6.45, 7) is 0.708. The van der Waals surface area contributed by atoms with Crippen molar-refractivity contribution < 1.29 is 19.8 Å². The molecule has 2 atom stereocenters. The van der Waals surface area contributed by atoms with E-state index in [0.717, 1.165) is 0 Å². The largest absolute Gasteiger partial charge is 0.481 e. The predicted molar refractivity (Wildman–Crippen MR) is 47.4 cm³/mol. The number of carbonyl (C=O) groups excluding carboxylic acids is 1. The first-order chi connectivity index (χ1) is 6.50. The average Bonchev–Trinajstić information content (AvgIpc) is 2.49. The maximum atomic E-state index is 11.5. The van der Waals surface area contributed by atoms with Crippen LogP contribution in [0.1, 0.15) is 12.8 Å². The van der Waals surface area contributed by atoms with Crippen molar-refractivity contribution in [2.75, 3.05) is 13.1 Å². The molecule has 0 bridgehead atoms. The highest BCUT2D eigenvalue weighted by atomic mass is 16.4. The van der Waals surface area contributed by atoms with Gasteiger partial charge >= 0.3 is 5.97 Å². The summed E-state index contributed by atoms with van der Waals surface area (Å²) in [6, 6.07) is -1.00. The Kier molecular flexibility index (Phi) is 3.43. The molecule has 1 aliphatic heterocycles. The number of aliphatic hydroxyl groups excluding tert-OH is 1. The van der Waals surface area contributed by atoms with Crippen LogP contribution in [0.3, 0.4) is 0 Å². The van der Waals surface area contributed by atoms with Crippen LogP contribution in [0, 0.1) is 0 Å². The number of hydrogen-bond acceptors (Lipinski definition) is 4. The lowest BCUT2D eigenvalue weighted by Gasteiger charge is -2.18. The Morgan fingerprint density at radius 2 is 2.21 bits per heavy atom. The molecule has 6 heteroatoms. The molecular formula is C8H14N2O4. The van der Waals surface area contributed by atoms with Gasteiger partial charge < -0.3 is 20.8 Å². The maximum Gasteiger partial charge on any atom is 0.305 e. The van der Waals surface area contributed by atoms with Crippen LogP contribution in [-0.2, 0) is 9.59 Å². The van der Waals surface area contributed by atoms with Crippen LogP contribution in [0.4, 0.5) is 0 Å². The summed E-state index contributed by atoms with van der Waals surface area (Å²) in [5.74, 6) is -1.49. The van der Waals surface area contributed by atoms with E-state index in [9.17, 15) is 9.59 Å².